The van der Waals surface area contributed by atoms with Gasteiger partial charge in [0.15, 0.2) is 0 Å². The minimum Gasteiger partial charge on any atom is -0.490 e. The molecule has 0 spiro atoms. The number of nitrogens with two attached hydrogens (primary N) is 1. The highest BCUT2D eigenvalue weighted by Crippen LogP contribution is 2.31. The molecule has 2 aromatic carbocycles. The molecule has 21 heavy (non-hydrogen) atoms. The van der Waals surface area contributed by atoms with E-state index in [1.54, 1.807) is 0 Å². The molecule has 2 aromatic rings. The molecule has 0 bridgehead atoms. The van der Waals surface area contributed by atoms with Gasteiger partial charge in [-0.3, -0.25) is 0 Å². The van der Waals surface area contributed by atoms with Gasteiger partial charge in [-0.05, 0) is 54.6 Å². The van der Waals surface area contributed by atoms with Gasteiger partial charge in [-0.15, -0.1) is 0 Å². The van der Waals surface area contributed by atoms with Crippen molar-refractivity contribution in [1.29, 1.82) is 0 Å². The number of ether oxygens (including phenoxy) is 1. The molecule has 0 aromatic heterocycles. The molecule has 3 rings (SSSR count). The van der Waals surface area contributed by atoms with Crippen LogP contribution in [0.3, 0.4) is 0 Å². The SMILES string of the molecule is NCC(Cc1cccc(Cl)c1)CC1Cc2ccccc2O1. The van der Waals surface area contributed by atoms with Crippen LogP contribution in [-0.4, -0.2) is 12.6 Å². The number of hydrogen-bond donors (Lipinski definition) is 1. The largest absolute Gasteiger partial charge is 0.490 e. The predicted octanol–water partition coefficient (Wildman–Crippen LogP) is 3.85. The molecule has 1 heterocycles. The first-order valence-electron chi connectivity index (χ1n) is 7.43. The van der Waals surface area contributed by atoms with Gasteiger partial charge in [-0.25, -0.2) is 0 Å². The van der Waals surface area contributed by atoms with Crippen molar-refractivity contribution in [2.75, 3.05) is 6.54 Å². The summed E-state index contributed by atoms with van der Waals surface area (Å²) in [4.78, 5) is 0. The fourth-order valence-corrected chi connectivity index (χ4v) is 3.23. The Kier molecular flexibility index (Phi) is 4.47. The van der Waals surface area contributed by atoms with E-state index >= 15 is 0 Å². The third kappa shape index (κ3) is 3.58. The van der Waals surface area contributed by atoms with E-state index in [1.165, 1.54) is 11.1 Å². The second kappa shape index (κ2) is 6.50. The van der Waals surface area contributed by atoms with E-state index < -0.39 is 0 Å². The highest BCUT2D eigenvalue weighted by molar-refractivity contribution is 6.30. The molecule has 2 unspecified atom stereocenters. The highest BCUT2D eigenvalue weighted by atomic mass is 35.5. The van der Waals surface area contributed by atoms with Crippen molar-refractivity contribution in [2.24, 2.45) is 11.7 Å². The summed E-state index contributed by atoms with van der Waals surface area (Å²) in [6.07, 6.45) is 3.17. The number of benzene rings is 2. The van der Waals surface area contributed by atoms with Crippen LogP contribution >= 0.6 is 11.6 Å². The van der Waals surface area contributed by atoms with Crippen molar-refractivity contribution in [2.45, 2.75) is 25.4 Å². The van der Waals surface area contributed by atoms with Gasteiger partial charge in [0.2, 0.25) is 0 Å². The maximum Gasteiger partial charge on any atom is 0.123 e. The summed E-state index contributed by atoms with van der Waals surface area (Å²) in [7, 11) is 0. The molecule has 0 aliphatic carbocycles. The lowest BCUT2D eigenvalue weighted by Gasteiger charge is -2.19. The minimum atomic E-state index is 0.245. The summed E-state index contributed by atoms with van der Waals surface area (Å²) in [5.41, 5.74) is 8.50. The lowest BCUT2D eigenvalue weighted by Crippen LogP contribution is -2.25. The zero-order valence-electron chi connectivity index (χ0n) is 12.0. The molecule has 2 N–H and O–H groups in total. The molecular weight excluding hydrogens is 282 g/mol. The maximum atomic E-state index is 6.05. The van der Waals surface area contributed by atoms with E-state index in [0.717, 1.165) is 30.0 Å². The van der Waals surface area contributed by atoms with Crippen LogP contribution in [0, 0.1) is 5.92 Å². The Morgan fingerprint density at radius 1 is 1.19 bits per heavy atom. The number of hydrogen-bond acceptors (Lipinski definition) is 2. The molecule has 2 nitrogen and oxygen atoms in total. The quantitative estimate of drug-likeness (QED) is 0.910. The molecule has 0 fully saturated rings. The second-order valence-electron chi connectivity index (χ2n) is 5.72. The van der Waals surface area contributed by atoms with Gasteiger partial charge in [0.05, 0.1) is 0 Å². The van der Waals surface area contributed by atoms with Crippen LogP contribution < -0.4 is 10.5 Å². The number of para-hydroxylation sites is 1. The number of halogens is 1. The summed E-state index contributed by atoms with van der Waals surface area (Å²) >= 11 is 6.05. The summed E-state index contributed by atoms with van der Waals surface area (Å²) in [5.74, 6) is 1.45. The lowest BCUT2D eigenvalue weighted by atomic mass is 9.92. The van der Waals surface area contributed by atoms with Crippen LogP contribution in [0.5, 0.6) is 5.75 Å². The lowest BCUT2D eigenvalue weighted by molar-refractivity contribution is 0.194. The summed E-state index contributed by atoms with van der Waals surface area (Å²) in [5, 5.41) is 0.785. The molecule has 2 atom stereocenters. The van der Waals surface area contributed by atoms with Crippen molar-refractivity contribution in [3.05, 3.63) is 64.7 Å². The molecule has 0 amide bonds. The van der Waals surface area contributed by atoms with E-state index in [2.05, 4.69) is 18.2 Å². The van der Waals surface area contributed by atoms with Crippen LogP contribution in [-0.2, 0) is 12.8 Å². The van der Waals surface area contributed by atoms with Crippen LogP contribution in [0.4, 0.5) is 0 Å². The van der Waals surface area contributed by atoms with Gasteiger partial charge in [0, 0.05) is 11.4 Å². The van der Waals surface area contributed by atoms with Gasteiger partial charge in [-0.2, -0.15) is 0 Å². The Labute approximate surface area is 130 Å². The predicted molar refractivity (Wildman–Crippen MR) is 86.9 cm³/mol. The molecule has 3 heteroatoms. The average molecular weight is 302 g/mol. The van der Waals surface area contributed by atoms with Crippen LogP contribution in [0.1, 0.15) is 17.5 Å². The number of fused-ring (bicyclic) bond motifs is 1. The molecule has 110 valence electrons. The van der Waals surface area contributed by atoms with E-state index in [0.29, 0.717) is 12.5 Å². The first kappa shape index (κ1) is 14.4. The fourth-order valence-electron chi connectivity index (χ4n) is 3.02. The van der Waals surface area contributed by atoms with Crippen molar-refractivity contribution in [1.82, 2.24) is 0 Å². The summed E-state index contributed by atoms with van der Waals surface area (Å²) in [6.45, 7) is 0.669. The van der Waals surface area contributed by atoms with Crippen molar-refractivity contribution in [3.8, 4) is 5.75 Å². The first-order valence-corrected chi connectivity index (χ1v) is 7.81. The molecule has 1 aliphatic rings. The van der Waals surface area contributed by atoms with E-state index in [4.69, 9.17) is 22.1 Å². The van der Waals surface area contributed by atoms with Gasteiger partial charge in [0.25, 0.3) is 0 Å². The van der Waals surface area contributed by atoms with Gasteiger partial charge >= 0.3 is 0 Å². The van der Waals surface area contributed by atoms with Crippen LogP contribution in [0.15, 0.2) is 48.5 Å². The van der Waals surface area contributed by atoms with E-state index in [9.17, 15) is 0 Å². The Bertz CT molecular complexity index is 589. The number of rotatable bonds is 5. The first-order chi connectivity index (χ1) is 10.2. The van der Waals surface area contributed by atoms with E-state index in [-0.39, 0.29) is 6.10 Å². The smallest absolute Gasteiger partial charge is 0.123 e. The third-order valence-corrected chi connectivity index (χ3v) is 4.29. The monoisotopic (exact) mass is 301 g/mol. The zero-order valence-corrected chi connectivity index (χ0v) is 12.7. The zero-order chi connectivity index (χ0) is 14.7. The standard InChI is InChI=1S/C18H20ClNO/c19-16-6-3-4-13(9-16)8-14(12-20)10-17-11-15-5-1-2-7-18(15)21-17/h1-7,9,14,17H,8,10-12,20H2. The molecule has 0 radical (unpaired) electrons. The Balaban J connectivity index is 1.61. The average Bonchev–Trinajstić information content (AvgIpc) is 2.89. The minimum absolute atomic E-state index is 0.245. The Morgan fingerprint density at radius 2 is 2.05 bits per heavy atom. The molecular formula is C18H20ClNO. The Hall–Kier alpha value is -1.51. The van der Waals surface area contributed by atoms with Crippen LogP contribution in [0.25, 0.3) is 0 Å². The maximum absolute atomic E-state index is 6.05. The second-order valence-corrected chi connectivity index (χ2v) is 6.16. The molecule has 0 saturated carbocycles. The van der Waals surface area contributed by atoms with Gasteiger partial charge in [-0.1, -0.05) is 41.9 Å². The van der Waals surface area contributed by atoms with Crippen LogP contribution in [0.2, 0.25) is 5.02 Å². The van der Waals surface area contributed by atoms with Crippen molar-refractivity contribution >= 4 is 11.6 Å². The normalized spacial score (nSPS) is 18.1. The van der Waals surface area contributed by atoms with Gasteiger partial charge in [0.1, 0.15) is 11.9 Å². The van der Waals surface area contributed by atoms with E-state index in [1.807, 2.05) is 30.3 Å². The topological polar surface area (TPSA) is 35.2 Å². The van der Waals surface area contributed by atoms with Crippen molar-refractivity contribution in [3.63, 3.8) is 0 Å². The molecule has 0 saturated heterocycles. The fraction of sp³-hybridized carbons (Fsp3) is 0.333. The summed E-state index contributed by atoms with van der Waals surface area (Å²) in [6, 6.07) is 16.3. The third-order valence-electron chi connectivity index (χ3n) is 4.06. The summed E-state index contributed by atoms with van der Waals surface area (Å²) < 4.78 is 6.02. The van der Waals surface area contributed by atoms with Crippen molar-refractivity contribution < 1.29 is 4.74 Å². The Morgan fingerprint density at radius 3 is 2.81 bits per heavy atom. The van der Waals surface area contributed by atoms with Gasteiger partial charge < -0.3 is 10.5 Å². The molecule has 1 aliphatic heterocycles. The highest BCUT2D eigenvalue weighted by Gasteiger charge is 2.25.